The highest BCUT2D eigenvalue weighted by Crippen LogP contribution is 2.38. The lowest BCUT2D eigenvalue weighted by Crippen LogP contribution is -2.10. The summed E-state index contributed by atoms with van der Waals surface area (Å²) in [7, 11) is 2.59. The van der Waals surface area contributed by atoms with Crippen molar-refractivity contribution in [2.45, 2.75) is 13.2 Å². The third kappa shape index (κ3) is 13.1. The maximum absolute atomic E-state index is 11.6. The molecular formula is C62H52N2O6. The third-order valence-corrected chi connectivity index (χ3v) is 11.3. The Morgan fingerprint density at radius 2 is 0.600 bits per heavy atom. The number of anilines is 6. The molecule has 0 atom stereocenters. The first-order chi connectivity index (χ1) is 34.4. The van der Waals surface area contributed by atoms with E-state index in [1.165, 1.54) is 14.2 Å². The zero-order chi connectivity index (χ0) is 48.3. The van der Waals surface area contributed by atoms with Gasteiger partial charge in [0.25, 0.3) is 0 Å². The van der Waals surface area contributed by atoms with Crippen LogP contribution < -0.4 is 9.80 Å². The molecule has 0 N–H and O–H groups in total. The number of methoxy groups -OCH3 is 2. The molecule has 8 heteroatoms. The standard InChI is InChI=1S/C62H52N2O6/c1-67-61(65)69-45-51-25-37-57(38-26-51)63(55-33-21-49(22-34-55)19-11-9-17-47-13-5-3-6-14-47)59-41-29-53(30-42-59)54-31-43-60(44-32-54)64(58-39-27-52(28-40-58)46-70-62(66)68-2)56-35-23-50(24-36-56)20-12-10-18-48-15-7-4-8-16-48/h3-44H,45-46H2,1-2H3. The number of allylic oxidation sites excluding steroid dienone is 4. The molecule has 70 heavy (non-hydrogen) atoms. The average Bonchev–Trinajstić information content (AvgIpc) is 3.42. The van der Waals surface area contributed by atoms with E-state index in [0.717, 1.165) is 78.6 Å². The van der Waals surface area contributed by atoms with E-state index in [2.05, 4.69) is 165 Å². The van der Waals surface area contributed by atoms with Crippen LogP contribution in [0.4, 0.5) is 43.7 Å². The first-order valence-electron chi connectivity index (χ1n) is 22.8. The summed E-state index contributed by atoms with van der Waals surface area (Å²) in [6.07, 6.45) is 15.1. The van der Waals surface area contributed by atoms with E-state index in [-0.39, 0.29) is 13.2 Å². The number of hydrogen-bond donors (Lipinski definition) is 0. The Morgan fingerprint density at radius 3 is 0.886 bits per heavy atom. The van der Waals surface area contributed by atoms with E-state index in [1.807, 2.05) is 109 Å². The molecule has 0 saturated heterocycles. The van der Waals surface area contributed by atoms with Crippen LogP contribution in [-0.2, 0) is 32.2 Å². The molecule has 0 aromatic heterocycles. The van der Waals surface area contributed by atoms with Crippen molar-refractivity contribution in [3.05, 3.63) is 264 Å². The monoisotopic (exact) mass is 920 g/mol. The molecule has 0 amide bonds. The van der Waals surface area contributed by atoms with Crippen LogP contribution in [0.5, 0.6) is 0 Å². The van der Waals surface area contributed by atoms with Crippen LogP contribution in [0, 0.1) is 0 Å². The van der Waals surface area contributed by atoms with Crippen molar-refractivity contribution in [3.63, 3.8) is 0 Å². The molecule has 0 aliphatic rings. The smallest absolute Gasteiger partial charge is 0.438 e. The summed E-state index contributed by atoms with van der Waals surface area (Å²) in [5.74, 6) is 0. The number of benzene rings is 8. The lowest BCUT2D eigenvalue weighted by Gasteiger charge is -2.26. The van der Waals surface area contributed by atoms with Crippen molar-refractivity contribution in [1.29, 1.82) is 0 Å². The van der Waals surface area contributed by atoms with Crippen LogP contribution in [0.25, 0.3) is 35.4 Å². The summed E-state index contributed by atoms with van der Waals surface area (Å²) in [5, 5.41) is 0. The quantitative estimate of drug-likeness (QED) is 0.0660. The zero-order valence-electron chi connectivity index (χ0n) is 39.0. The van der Waals surface area contributed by atoms with Crippen molar-refractivity contribution in [3.8, 4) is 11.1 Å². The van der Waals surface area contributed by atoms with Gasteiger partial charge in [-0.05, 0) is 117 Å². The molecule has 8 aromatic rings. The van der Waals surface area contributed by atoms with Gasteiger partial charge in [0.1, 0.15) is 13.2 Å². The predicted octanol–water partition coefficient (Wildman–Crippen LogP) is 16.3. The van der Waals surface area contributed by atoms with E-state index < -0.39 is 12.3 Å². The molecule has 0 spiro atoms. The molecule has 0 fully saturated rings. The molecule has 8 nitrogen and oxygen atoms in total. The van der Waals surface area contributed by atoms with Gasteiger partial charge in [0, 0.05) is 34.1 Å². The van der Waals surface area contributed by atoms with E-state index in [0.29, 0.717) is 0 Å². The largest absolute Gasteiger partial charge is 0.508 e. The number of carbonyl (C=O) groups excluding carboxylic acids is 2. The number of nitrogens with zero attached hydrogens (tertiary/aromatic N) is 2. The van der Waals surface area contributed by atoms with Crippen LogP contribution in [-0.4, -0.2) is 26.5 Å². The summed E-state index contributed by atoms with van der Waals surface area (Å²) in [6, 6.07) is 70.3. The number of rotatable bonds is 17. The van der Waals surface area contributed by atoms with E-state index in [1.54, 1.807) is 0 Å². The predicted molar refractivity (Wildman–Crippen MR) is 285 cm³/mol. The van der Waals surface area contributed by atoms with Gasteiger partial charge in [0.2, 0.25) is 0 Å². The normalized spacial score (nSPS) is 11.3. The first-order valence-corrected chi connectivity index (χ1v) is 22.8. The van der Waals surface area contributed by atoms with Gasteiger partial charge in [0.15, 0.2) is 0 Å². The van der Waals surface area contributed by atoms with Gasteiger partial charge in [0.05, 0.1) is 14.2 Å². The summed E-state index contributed by atoms with van der Waals surface area (Å²) < 4.78 is 19.7. The molecule has 0 unspecified atom stereocenters. The molecule has 0 bridgehead atoms. The second-order valence-corrected chi connectivity index (χ2v) is 16.0. The molecule has 0 heterocycles. The maximum Gasteiger partial charge on any atom is 0.508 e. The number of carbonyl (C=O) groups is 2. The maximum atomic E-state index is 11.6. The lowest BCUT2D eigenvalue weighted by atomic mass is 10.0. The van der Waals surface area contributed by atoms with Crippen molar-refractivity contribution in [2.75, 3.05) is 24.0 Å². The van der Waals surface area contributed by atoms with Crippen LogP contribution in [0.3, 0.4) is 0 Å². The van der Waals surface area contributed by atoms with Gasteiger partial charge in [-0.25, -0.2) is 9.59 Å². The van der Waals surface area contributed by atoms with Gasteiger partial charge in [-0.1, -0.05) is 182 Å². The minimum Gasteiger partial charge on any atom is -0.438 e. The van der Waals surface area contributed by atoms with Gasteiger partial charge in [-0.15, -0.1) is 0 Å². The fourth-order valence-electron chi connectivity index (χ4n) is 7.65. The van der Waals surface area contributed by atoms with Gasteiger partial charge < -0.3 is 28.7 Å². The summed E-state index contributed by atoms with van der Waals surface area (Å²) >= 11 is 0. The van der Waals surface area contributed by atoms with Crippen LogP contribution in [0.15, 0.2) is 231 Å². The van der Waals surface area contributed by atoms with E-state index >= 15 is 0 Å². The second kappa shape index (κ2) is 24.1. The van der Waals surface area contributed by atoms with E-state index in [4.69, 9.17) is 9.47 Å². The molecule has 0 aliphatic carbocycles. The summed E-state index contributed by atoms with van der Waals surface area (Å²) in [6.45, 7) is 0.214. The first kappa shape index (κ1) is 47.4. The van der Waals surface area contributed by atoms with Gasteiger partial charge in [-0.2, -0.15) is 0 Å². The molecule has 0 aliphatic heterocycles. The fraction of sp³-hybridized carbons (Fsp3) is 0.0645. The topological polar surface area (TPSA) is 77.5 Å². The average molecular weight is 921 g/mol. The van der Waals surface area contributed by atoms with Gasteiger partial charge >= 0.3 is 12.3 Å². The molecule has 8 rings (SSSR count). The summed E-state index contributed by atoms with van der Waals surface area (Å²) in [5.41, 5.74) is 14.1. The molecule has 0 radical (unpaired) electrons. The van der Waals surface area contributed by atoms with Crippen molar-refractivity contribution >= 4 is 70.7 Å². The van der Waals surface area contributed by atoms with Crippen molar-refractivity contribution < 1.29 is 28.5 Å². The Morgan fingerprint density at radius 1 is 0.343 bits per heavy atom. The highest BCUT2D eigenvalue weighted by molar-refractivity contribution is 5.81. The number of hydrogen-bond acceptors (Lipinski definition) is 8. The molecular weight excluding hydrogens is 869 g/mol. The Kier molecular flexibility index (Phi) is 16.3. The van der Waals surface area contributed by atoms with Crippen LogP contribution in [0.1, 0.15) is 33.4 Å². The van der Waals surface area contributed by atoms with Crippen LogP contribution >= 0.6 is 0 Å². The minimum atomic E-state index is -0.722. The minimum absolute atomic E-state index is 0.107. The molecule has 8 aromatic carbocycles. The number of ether oxygens (including phenoxy) is 4. The van der Waals surface area contributed by atoms with Crippen molar-refractivity contribution in [2.24, 2.45) is 0 Å². The fourth-order valence-corrected chi connectivity index (χ4v) is 7.65. The zero-order valence-corrected chi connectivity index (χ0v) is 39.0. The second-order valence-electron chi connectivity index (χ2n) is 16.0. The Balaban J connectivity index is 1.04. The lowest BCUT2D eigenvalue weighted by molar-refractivity contribution is 0.0660. The van der Waals surface area contributed by atoms with E-state index in [9.17, 15) is 9.59 Å². The highest BCUT2D eigenvalue weighted by Gasteiger charge is 2.16. The Labute approximate surface area is 409 Å². The third-order valence-electron chi connectivity index (χ3n) is 11.3. The van der Waals surface area contributed by atoms with Crippen molar-refractivity contribution in [1.82, 2.24) is 0 Å². The highest BCUT2D eigenvalue weighted by atomic mass is 16.7. The Bertz CT molecular complexity index is 2830. The molecule has 346 valence electrons. The SMILES string of the molecule is COC(=O)OCc1ccc(N(c2ccc(C=CC=Cc3ccccc3)cc2)c2ccc(-c3ccc(N(c4ccc(C=CC=Cc5ccccc5)cc4)c4ccc(COC(=O)OC)cc4)cc3)cc2)cc1. The summed E-state index contributed by atoms with van der Waals surface area (Å²) in [4.78, 5) is 27.7. The molecule has 0 saturated carbocycles. The van der Waals surface area contributed by atoms with Gasteiger partial charge in [-0.3, -0.25) is 0 Å². The van der Waals surface area contributed by atoms with Crippen LogP contribution in [0.2, 0.25) is 0 Å². The Hall–Kier alpha value is -9.14.